The first-order chi connectivity index (χ1) is 11.3. The fourth-order valence-electron chi connectivity index (χ4n) is 2.44. The first-order valence-corrected chi connectivity index (χ1v) is 9.89. The molecule has 0 fully saturated rings. The highest BCUT2D eigenvalue weighted by Crippen LogP contribution is 2.41. The average Bonchev–Trinajstić information content (AvgIpc) is 2.49. The standard InChI is InChI=1S/C19H32N2O2S2/c1-12(21(23)17(24)20-8)11-25-13-9-14(18(2,3)4)16(22)15(10-13)19(5,6)7/h9-10,12,22-23H,11H2,1-8H3,(H,20,24). The molecule has 25 heavy (non-hydrogen) atoms. The zero-order chi connectivity index (χ0) is 19.6. The van der Waals surface area contributed by atoms with Crippen molar-refractivity contribution in [2.24, 2.45) is 0 Å². The largest absolute Gasteiger partial charge is 0.507 e. The second-order valence-electron chi connectivity index (χ2n) is 8.43. The number of thiocarbonyl (C=S) groups is 1. The van der Waals surface area contributed by atoms with Gasteiger partial charge in [-0.15, -0.1) is 11.8 Å². The summed E-state index contributed by atoms with van der Waals surface area (Å²) in [6, 6.07) is 3.98. The third kappa shape index (κ3) is 5.76. The maximum atomic E-state index is 10.8. The lowest BCUT2D eigenvalue weighted by atomic mass is 9.79. The molecular weight excluding hydrogens is 352 g/mol. The van der Waals surface area contributed by atoms with Gasteiger partial charge in [0, 0.05) is 28.8 Å². The Morgan fingerprint density at radius 2 is 1.60 bits per heavy atom. The lowest BCUT2D eigenvalue weighted by Crippen LogP contribution is -2.42. The maximum Gasteiger partial charge on any atom is 0.193 e. The monoisotopic (exact) mass is 384 g/mol. The number of phenolic OH excluding ortho intramolecular Hbond substituents is 1. The summed E-state index contributed by atoms with van der Waals surface area (Å²) in [7, 11) is 1.69. The van der Waals surface area contributed by atoms with Gasteiger partial charge in [0.05, 0.1) is 6.04 Å². The van der Waals surface area contributed by atoms with Crippen LogP contribution in [0.15, 0.2) is 17.0 Å². The molecule has 0 aliphatic heterocycles. The zero-order valence-corrected chi connectivity index (χ0v) is 18.2. The van der Waals surface area contributed by atoms with Crippen molar-refractivity contribution in [1.29, 1.82) is 0 Å². The molecule has 1 atom stereocenters. The van der Waals surface area contributed by atoms with E-state index in [9.17, 15) is 10.3 Å². The van der Waals surface area contributed by atoms with Crippen LogP contribution in [0.3, 0.4) is 0 Å². The van der Waals surface area contributed by atoms with Crippen LogP contribution in [0.4, 0.5) is 0 Å². The summed E-state index contributed by atoms with van der Waals surface area (Å²) in [5, 5.41) is 25.0. The molecule has 0 amide bonds. The topological polar surface area (TPSA) is 55.7 Å². The lowest BCUT2D eigenvalue weighted by molar-refractivity contribution is -0.0407. The van der Waals surface area contributed by atoms with Gasteiger partial charge in [0.2, 0.25) is 0 Å². The SMILES string of the molecule is CNC(=S)N(O)C(C)CSc1cc(C(C)(C)C)c(O)c(C(C)(C)C)c1. The highest BCUT2D eigenvalue weighted by atomic mass is 32.2. The van der Waals surface area contributed by atoms with E-state index >= 15 is 0 Å². The van der Waals surface area contributed by atoms with Crippen LogP contribution in [0.25, 0.3) is 0 Å². The van der Waals surface area contributed by atoms with E-state index in [4.69, 9.17) is 12.2 Å². The van der Waals surface area contributed by atoms with Crippen LogP contribution in [0, 0.1) is 0 Å². The molecule has 0 bridgehead atoms. The van der Waals surface area contributed by atoms with Crippen LogP contribution >= 0.6 is 24.0 Å². The van der Waals surface area contributed by atoms with Crippen LogP contribution in [-0.2, 0) is 10.8 Å². The first-order valence-electron chi connectivity index (χ1n) is 8.49. The predicted molar refractivity (Wildman–Crippen MR) is 111 cm³/mol. The van der Waals surface area contributed by atoms with Gasteiger partial charge in [0.25, 0.3) is 0 Å². The molecule has 0 aliphatic carbocycles. The summed E-state index contributed by atoms with van der Waals surface area (Å²) >= 11 is 6.72. The van der Waals surface area contributed by atoms with E-state index in [0.29, 0.717) is 16.6 Å². The third-order valence-electron chi connectivity index (χ3n) is 4.03. The first kappa shape index (κ1) is 22.1. The normalized spacial score (nSPS) is 13.5. The molecule has 0 aromatic heterocycles. The molecular formula is C19H32N2O2S2. The summed E-state index contributed by atoms with van der Waals surface area (Å²) in [6.45, 7) is 14.5. The van der Waals surface area contributed by atoms with E-state index in [1.54, 1.807) is 18.8 Å². The van der Waals surface area contributed by atoms with Crippen molar-refractivity contribution >= 4 is 29.1 Å². The van der Waals surface area contributed by atoms with Crippen LogP contribution in [0.2, 0.25) is 0 Å². The minimum absolute atomic E-state index is 0.130. The molecule has 6 heteroatoms. The van der Waals surface area contributed by atoms with E-state index in [0.717, 1.165) is 21.1 Å². The van der Waals surface area contributed by atoms with Gasteiger partial charge < -0.3 is 10.4 Å². The van der Waals surface area contributed by atoms with Crippen molar-refractivity contribution in [1.82, 2.24) is 10.4 Å². The van der Waals surface area contributed by atoms with Crippen LogP contribution in [-0.4, -0.2) is 39.3 Å². The fraction of sp³-hybridized carbons (Fsp3) is 0.632. The minimum Gasteiger partial charge on any atom is -0.507 e. The fourth-order valence-corrected chi connectivity index (χ4v) is 3.59. The molecule has 0 saturated heterocycles. The van der Waals surface area contributed by atoms with Crippen molar-refractivity contribution in [3.05, 3.63) is 23.3 Å². The Kier molecular flexibility index (Phi) is 7.19. The molecule has 142 valence electrons. The van der Waals surface area contributed by atoms with Crippen molar-refractivity contribution in [2.45, 2.75) is 70.2 Å². The van der Waals surface area contributed by atoms with Gasteiger partial charge in [-0.1, -0.05) is 41.5 Å². The molecule has 0 spiro atoms. The van der Waals surface area contributed by atoms with E-state index in [1.807, 2.05) is 6.92 Å². The molecule has 0 saturated carbocycles. The summed E-state index contributed by atoms with van der Waals surface area (Å²) < 4.78 is 0. The molecule has 0 heterocycles. The van der Waals surface area contributed by atoms with Crippen molar-refractivity contribution in [3.63, 3.8) is 0 Å². The summed E-state index contributed by atoms with van der Waals surface area (Å²) in [4.78, 5) is 1.09. The van der Waals surface area contributed by atoms with Gasteiger partial charge in [0.1, 0.15) is 5.75 Å². The van der Waals surface area contributed by atoms with Gasteiger partial charge in [-0.3, -0.25) is 5.21 Å². The number of aromatic hydroxyl groups is 1. The van der Waals surface area contributed by atoms with Crippen LogP contribution in [0.5, 0.6) is 5.75 Å². The Balaban J connectivity index is 3.14. The number of hydrogen-bond donors (Lipinski definition) is 3. The molecule has 0 aliphatic rings. The van der Waals surface area contributed by atoms with Crippen LogP contribution < -0.4 is 5.32 Å². The highest BCUT2D eigenvalue weighted by Gasteiger charge is 2.27. The van der Waals surface area contributed by atoms with E-state index in [1.165, 1.54) is 0 Å². The van der Waals surface area contributed by atoms with Crippen molar-refractivity contribution < 1.29 is 10.3 Å². The van der Waals surface area contributed by atoms with E-state index < -0.39 is 0 Å². The third-order valence-corrected chi connectivity index (χ3v) is 5.64. The molecule has 1 aromatic carbocycles. The van der Waals surface area contributed by atoms with Gasteiger partial charge in [-0.2, -0.15) is 0 Å². The number of phenols is 1. The zero-order valence-electron chi connectivity index (χ0n) is 16.6. The molecule has 3 N–H and O–H groups in total. The molecule has 1 aromatic rings. The number of hydroxylamine groups is 2. The second kappa shape index (κ2) is 8.14. The molecule has 1 unspecified atom stereocenters. The number of benzene rings is 1. The Labute approximate surface area is 162 Å². The Bertz CT molecular complexity index is 584. The molecule has 0 radical (unpaired) electrons. The minimum atomic E-state index is -0.150. The summed E-state index contributed by atoms with van der Waals surface area (Å²) in [5.74, 6) is 1.06. The predicted octanol–water partition coefficient (Wildman–Crippen LogP) is 4.66. The quantitative estimate of drug-likeness (QED) is 0.399. The number of nitrogens with one attached hydrogen (secondary N) is 1. The molecule has 4 nitrogen and oxygen atoms in total. The Hall–Kier alpha value is -0.980. The summed E-state index contributed by atoms with van der Waals surface area (Å²) in [5.41, 5.74) is 1.59. The Morgan fingerprint density at radius 1 is 1.16 bits per heavy atom. The van der Waals surface area contributed by atoms with Gasteiger partial charge in [0.15, 0.2) is 5.11 Å². The van der Waals surface area contributed by atoms with Crippen molar-refractivity contribution in [2.75, 3.05) is 12.8 Å². The van der Waals surface area contributed by atoms with E-state index in [-0.39, 0.29) is 16.9 Å². The highest BCUT2D eigenvalue weighted by molar-refractivity contribution is 7.99. The smallest absolute Gasteiger partial charge is 0.193 e. The lowest BCUT2D eigenvalue weighted by Gasteiger charge is -2.28. The van der Waals surface area contributed by atoms with Gasteiger partial charge >= 0.3 is 0 Å². The number of thioether (sulfide) groups is 1. The Morgan fingerprint density at radius 3 is 1.96 bits per heavy atom. The van der Waals surface area contributed by atoms with Gasteiger partial charge in [-0.05, 0) is 42.1 Å². The van der Waals surface area contributed by atoms with E-state index in [2.05, 4.69) is 59.0 Å². The summed E-state index contributed by atoms with van der Waals surface area (Å²) in [6.07, 6.45) is 0. The average molecular weight is 385 g/mol. The van der Waals surface area contributed by atoms with Gasteiger partial charge in [-0.25, -0.2) is 5.06 Å². The maximum absolute atomic E-state index is 10.8. The second-order valence-corrected chi connectivity index (χ2v) is 9.91. The number of hydrogen-bond acceptors (Lipinski definition) is 4. The molecule has 1 rings (SSSR count). The van der Waals surface area contributed by atoms with Crippen LogP contribution in [0.1, 0.15) is 59.6 Å². The number of rotatable bonds is 4. The number of nitrogens with zero attached hydrogens (tertiary/aromatic N) is 1. The van der Waals surface area contributed by atoms with Crippen molar-refractivity contribution in [3.8, 4) is 5.75 Å².